The lowest BCUT2D eigenvalue weighted by Gasteiger charge is -2.34. The molecule has 0 aliphatic heterocycles. The van der Waals surface area contributed by atoms with E-state index in [1.54, 1.807) is 6.08 Å². The minimum atomic E-state index is 0.0848. The highest BCUT2D eigenvalue weighted by Crippen LogP contribution is 2.21. The number of nitrogens with two attached hydrogens (primary N) is 1. The summed E-state index contributed by atoms with van der Waals surface area (Å²) in [7, 11) is 0. The molecular weight excluding hydrogens is 214 g/mol. The van der Waals surface area contributed by atoms with Crippen molar-refractivity contribution in [1.82, 2.24) is 10.2 Å². The standard InChI is InChI=1S/C13H25N3O/c1-3-9-15-13(17)10-16(4-2)12-7-5-11(14)6-8-12/h3,11-12H,1,4-10,14H2,2H3,(H,15,17). The molecular formula is C13H25N3O. The van der Waals surface area contributed by atoms with Crippen LogP contribution in [0.3, 0.4) is 0 Å². The van der Waals surface area contributed by atoms with Crippen LogP contribution in [0.5, 0.6) is 0 Å². The van der Waals surface area contributed by atoms with Gasteiger partial charge in [-0.2, -0.15) is 0 Å². The molecule has 1 aliphatic rings. The first-order valence-corrected chi connectivity index (χ1v) is 6.54. The van der Waals surface area contributed by atoms with E-state index in [2.05, 4.69) is 23.7 Å². The van der Waals surface area contributed by atoms with Crippen LogP contribution in [0.2, 0.25) is 0 Å². The number of carbonyl (C=O) groups is 1. The van der Waals surface area contributed by atoms with Crippen molar-refractivity contribution in [2.45, 2.75) is 44.7 Å². The van der Waals surface area contributed by atoms with Crippen molar-refractivity contribution in [3.8, 4) is 0 Å². The third-order valence-corrected chi connectivity index (χ3v) is 3.45. The fourth-order valence-corrected chi connectivity index (χ4v) is 2.39. The summed E-state index contributed by atoms with van der Waals surface area (Å²) in [6, 6.07) is 0.883. The van der Waals surface area contributed by atoms with E-state index < -0.39 is 0 Å². The molecule has 0 heterocycles. The second-order valence-corrected chi connectivity index (χ2v) is 4.72. The maximum Gasteiger partial charge on any atom is 0.234 e. The molecule has 4 nitrogen and oxygen atoms in total. The van der Waals surface area contributed by atoms with Crippen LogP contribution in [0.25, 0.3) is 0 Å². The van der Waals surface area contributed by atoms with Crippen molar-refractivity contribution in [2.75, 3.05) is 19.6 Å². The number of hydrogen-bond acceptors (Lipinski definition) is 3. The van der Waals surface area contributed by atoms with Crippen molar-refractivity contribution in [3.63, 3.8) is 0 Å². The highest BCUT2D eigenvalue weighted by Gasteiger charge is 2.24. The molecule has 0 radical (unpaired) electrons. The molecule has 98 valence electrons. The molecule has 1 saturated carbocycles. The molecule has 1 fully saturated rings. The van der Waals surface area contributed by atoms with E-state index in [-0.39, 0.29) is 5.91 Å². The Morgan fingerprint density at radius 3 is 2.65 bits per heavy atom. The van der Waals surface area contributed by atoms with Gasteiger partial charge < -0.3 is 11.1 Å². The first-order valence-electron chi connectivity index (χ1n) is 6.54. The molecule has 0 unspecified atom stereocenters. The van der Waals surface area contributed by atoms with Gasteiger partial charge in [0.2, 0.25) is 5.91 Å². The number of rotatable bonds is 6. The van der Waals surface area contributed by atoms with Crippen LogP contribution >= 0.6 is 0 Å². The molecule has 0 bridgehead atoms. The largest absolute Gasteiger partial charge is 0.352 e. The van der Waals surface area contributed by atoms with Gasteiger partial charge in [-0.15, -0.1) is 6.58 Å². The molecule has 1 aliphatic carbocycles. The van der Waals surface area contributed by atoms with Gasteiger partial charge in [-0.1, -0.05) is 13.0 Å². The van der Waals surface area contributed by atoms with E-state index >= 15 is 0 Å². The van der Waals surface area contributed by atoms with Crippen molar-refractivity contribution < 1.29 is 4.79 Å². The monoisotopic (exact) mass is 239 g/mol. The van der Waals surface area contributed by atoms with E-state index in [1.807, 2.05) is 0 Å². The van der Waals surface area contributed by atoms with E-state index in [0.29, 0.717) is 25.2 Å². The van der Waals surface area contributed by atoms with Crippen molar-refractivity contribution in [1.29, 1.82) is 0 Å². The number of nitrogens with zero attached hydrogens (tertiary/aromatic N) is 1. The second kappa shape index (κ2) is 7.45. The molecule has 0 atom stereocenters. The second-order valence-electron chi connectivity index (χ2n) is 4.72. The Kier molecular flexibility index (Phi) is 6.22. The number of nitrogens with one attached hydrogen (secondary N) is 1. The Labute approximate surface area is 104 Å². The highest BCUT2D eigenvalue weighted by molar-refractivity contribution is 5.78. The van der Waals surface area contributed by atoms with Crippen LogP contribution in [-0.4, -0.2) is 42.5 Å². The Bertz CT molecular complexity index is 247. The summed E-state index contributed by atoms with van der Waals surface area (Å²) >= 11 is 0. The molecule has 3 N–H and O–H groups in total. The predicted molar refractivity (Wildman–Crippen MR) is 70.7 cm³/mol. The van der Waals surface area contributed by atoms with Gasteiger partial charge in [-0.25, -0.2) is 0 Å². The average molecular weight is 239 g/mol. The predicted octanol–water partition coefficient (Wildman–Crippen LogP) is 0.880. The Hall–Kier alpha value is -0.870. The molecule has 0 saturated heterocycles. The normalized spacial score (nSPS) is 24.6. The Morgan fingerprint density at radius 2 is 2.12 bits per heavy atom. The lowest BCUT2D eigenvalue weighted by molar-refractivity contribution is -0.122. The average Bonchev–Trinajstić information content (AvgIpc) is 2.34. The summed E-state index contributed by atoms with van der Waals surface area (Å²) in [6.45, 7) is 7.65. The zero-order chi connectivity index (χ0) is 12.7. The molecule has 1 amide bonds. The van der Waals surface area contributed by atoms with Crippen LogP contribution in [0.4, 0.5) is 0 Å². The summed E-state index contributed by atoms with van der Waals surface area (Å²) in [4.78, 5) is 13.9. The lowest BCUT2D eigenvalue weighted by atomic mass is 9.91. The molecule has 0 spiro atoms. The zero-order valence-corrected chi connectivity index (χ0v) is 10.8. The van der Waals surface area contributed by atoms with Gasteiger partial charge in [-0.05, 0) is 32.2 Å². The van der Waals surface area contributed by atoms with Crippen LogP contribution in [0.1, 0.15) is 32.6 Å². The van der Waals surface area contributed by atoms with Crippen LogP contribution in [0, 0.1) is 0 Å². The topological polar surface area (TPSA) is 58.4 Å². The summed E-state index contributed by atoms with van der Waals surface area (Å²) in [5.74, 6) is 0.0848. The molecule has 17 heavy (non-hydrogen) atoms. The minimum absolute atomic E-state index is 0.0848. The molecule has 0 aromatic heterocycles. The van der Waals surface area contributed by atoms with Crippen LogP contribution in [-0.2, 0) is 4.79 Å². The van der Waals surface area contributed by atoms with Crippen molar-refractivity contribution in [2.24, 2.45) is 5.73 Å². The number of likely N-dealkylation sites (N-methyl/N-ethyl adjacent to an activating group) is 1. The van der Waals surface area contributed by atoms with Gasteiger partial charge in [-0.3, -0.25) is 9.69 Å². The SMILES string of the molecule is C=CCNC(=O)CN(CC)C1CCC(N)CC1. The quantitative estimate of drug-likeness (QED) is 0.677. The van der Waals surface area contributed by atoms with Crippen molar-refractivity contribution in [3.05, 3.63) is 12.7 Å². The fourth-order valence-electron chi connectivity index (χ4n) is 2.39. The Balaban J connectivity index is 2.36. The van der Waals surface area contributed by atoms with Gasteiger partial charge in [0, 0.05) is 18.6 Å². The Morgan fingerprint density at radius 1 is 1.47 bits per heavy atom. The highest BCUT2D eigenvalue weighted by atomic mass is 16.2. The maximum atomic E-state index is 11.7. The number of carbonyl (C=O) groups excluding carboxylic acids is 1. The maximum absolute atomic E-state index is 11.7. The zero-order valence-electron chi connectivity index (χ0n) is 10.8. The van der Waals surface area contributed by atoms with E-state index in [4.69, 9.17) is 5.73 Å². The van der Waals surface area contributed by atoms with Gasteiger partial charge >= 0.3 is 0 Å². The summed E-state index contributed by atoms with van der Waals surface area (Å²) in [5.41, 5.74) is 5.90. The molecule has 4 heteroatoms. The van der Waals surface area contributed by atoms with E-state index in [9.17, 15) is 4.79 Å². The van der Waals surface area contributed by atoms with Gasteiger partial charge in [0.05, 0.1) is 6.54 Å². The number of amides is 1. The molecule has 0 aromatic carbocycles. The van der Waals surface area contributed by atoms with E-state index in [0.717, 1.165) is 32.2 Å². The minimum Gasteiger partial charge on any atom is -0.352 e. The molecule has 0 aromatic rings. The smallest absolute Gasteiger partial charge is 0.234 e. The van der Waals surface area contributed by atoms with E-state index in [1.165, 1.54) is 0 Å². The van der Waals surface area contributed by atoms with Gasteiger partial charge in [0.25, 0.3) is 0 Å². The third kappa shape index (κ3) is 4.88. The summed E-state index contributed by atoms with van der Waals surface area (Å²) in [5, 5.41) is 2.82. The lowest BCUT2D eigenvalue weighted by Crippen LogP contribution is -2.45. The first kappa shape index (κ1) is 14.2. The molecule has 1 rings (SSSR count). The van der Waals surface area contributed by atoms with Crippen LogP contribution < -0.4 is 11.1 Å². The third-order valence-electron chi connectivity index (χ3n) is 3.45. The first-order chi connectivity index (χ1) is 8.17. The summed E-state index contributed by atoms with van der Waals surface area (Å²) in [6.07, 6.45) is 6.09. The fraction of sp³-hybridized carbons (Fsp3) is 0.769. The van der Waals surface area contributed by atoms with Gasteiger partial charge in [0.1, 0.15) is 0 Å². The number of hydrogen-bond donors (Lipinski definition) is 2. The van der Waals surface area contributed by atoms with Gasteiger partial charge in [0.15, 0.2) is 0 Å². The van der Waals surface area contributed by atoms with Crippen LogP contribution in [0.15, 0.2) is 12.7 Å². The summed E-state index contributed by atoms with van der Waals surface area (Å²) < 4.78 is 0. The van der Waals surface area contributed by atoms with Crippen molar-refractivity contribution >= 4 is 5.91 Å².